The minimum Gasteiger partial charge on any atom is -0.481 e. The van der Waals surface area contributed by atoms with Crippen molar-refractivity contribution in [3.8, 4) is 0 Å². The van der Waals surface area contributed by atoms with E-state index in [1.54, 1.807) is 96.9 Å². The third kappa shape index (κ3) is 39.1. The summed E-state index contributed by atoms with van der Waals surface area (Å²) in [6, 6.07) is -23.3. The van der Waals surface area contributed by atoms with Crippen LogP contribution in [0.5, 0.6) is 0 Å². The summed E-state index contributed by atoms with van der Waals surface area (Å²) in [5.41, 5.74) is 0. The molecular formula is C88H151N19O22. The highest BCUT2D eigenvalue weighted by molar-refractivity contribution is 6.02. The van der Waals surface area contributed by atoms with Gasteiger partial charge in [-0.1, -0.05) is 125 Å². The molecule has 41 nitrogen and oxygen atoms in total. The number of rotatable bonds is 53. The van der Waals surface area contributed by atoms with Gasteiger partial charge >= 0.3 is 5.97 Å². The smallest absolute Gasteiger partial charge is 0.305 e. The van der Waals surface area contributed by atoms with Crippen molar-refractivity contribution in [2.75, 3.05) is 13.1 Å². The molecule has 2 aliphatic rings. The van der Waals surface area contributed by atoms with Gasteiger partial charge in [0.1, 0.15) is 115 Å². The van der Waals surface area contributed by atoms with Crippen LogP contribution in [0.3, 0.4) is 0 Å². The number of hydrogen-bond donors (Lipinski definition) is 18. The molecular weight excluding hydrogens is 1680 g/mol. The Morgan fingerprint density at radius 3 is 0.853 bits per heavy atom. The van der Waals surface area contributed by atoms with Crippen LogP contribution in [-0.4, -0.2) is 267 Å². The lowest BCUT2D eigenvalue weighted by molar-refractivity contribution is -0.143. The van der Waals surface area contributed by atoms with Crippen molar-refractivity contribution in [2.24, 2.45) is 53.3 Å². The Bertz CT molecular complexity index is 3910. The fourth-order valence-corrected chi connectivity index (χ4v) is 14.6. The van der Waals surface area contributed by atoms with Crippen molar-refractivity contribution in [1.82, 2.24) is 100 Å². The van der Waals surface area contributed by atoms with E-state index in [4.69, 9.17) is 5.11 Å². The summed E-state index contributed by atoms with van der Waals surface area (Å²) < 4.78 is 0. The average molecular weight is 1830 g/mol. The second-order valence-electron chi connectivity index (χ2n) is 37.9. The highest BCUT2D eigenvalue weighted by Crippen LogP contribution is 2.24. The van der Waals surface area contributed by atoms with Crippen molar-refractivity contribution in [1.29, 1.82) is 0 Å². The standard InChI is InChI=1S/C88H151N19O22/c1-41(2)33-59(77(118)91-52(21)73(114)97-61(35-43(5)6)79(120)100-60(34-42(3)4)78(119)95-56(25)87(128)106-31-27-30-66(106)83(124)105-69(48(15)16)85(126)93-51(20)72(113)96-58(40-108)39-67(110)111)99-80(121)63(37-45(9)10)101-86(127)70(49(17)18)104-76(117)55(24)92-82(123)65-29-28-32-107(65)88(129)64(38-46(11)12)102-81(122)62(36-44(7)8)98-74(115)53(22)94-84(125)68(47(13)14)103-75(116)54(23)90-71(112)50(19)89-57(26)109/h40-56,58-66,68-70H,27-39H2,1-26H3,(H,89,109)(H,90,112)(H,91,118)(H,92,123)(H,93,126)(H,94,125)(H,95,119)(H,96,113)(H,97,114)(H,98,115)(H,99,121)(H,100,120)(H,101,127)(H,102,122)(H,103,116)(H,104,117)(H,105,124)(H,110,111)/t50-,51-,52-,53-,54-,55-,56-,58-,59-,60-,61-,62-,63-,64-,65-,66-,68-,69-,70-/m0/s1. The van der Waals surface area contributed by atoms with E-state index in [1.807, 2.05) is 27.7 Å². The molecule has 730 valence electrons. The number of amides is 19. The first kappa shape index (κ1) is 114. The van der Waals surface area contributed by atoms with Crippen LogP contribution in [-0.2, 0) is 101 Å². The first-order valence-electron chi connectivity index (χ1n) is 45.2. The van der Waals surface area contributed by atoms with Crippen LogP contribution in [0.2, 0.25) is 0 Å². The molecule has 0 radical (unpaired) electrons. The number of aldehydes is 1. The van der Waals surface area contributed by atoms with Crippen molar-refractivity contribution < 1.29 is 106 Å². The van der Waals surface area contributed by atoms with E-state index in [0.29, 0.717) is 12.8 Å². The van der Waals surface area contributed by atoms with E-state index < -0.39 is 257 Å². The van der Waals surface area contributed by atoms with Gasteiger partial charge in [-0.3, -0.25) is 95.9 Å². The maximum atomic E-state index is 14.7. The summed E-state index contributed by atoms with van der Waals surface area (Å²) in [4.78, 5) is 288. The van der Waals surface area contributed by atoms with E-state index in [2.05, 4.69) is 90.4 Å². The van der Waals surface area contributed by atoms with Crippen LogP contribution in [0, 0.1) is 53.3 Å². The van der Waals surface area contributed by atoms with Crippen molar-refractivity contribution >= 4 is 124 Å². The second-order valence-corrected chi connectivity index (χ2v) is 37.9. The van der Waals surface area contributed by atoms with E-state index in [9.17, 15) is 101 Å². The van der Waals surface area contributed by atoms with Gasteiger partial charge in [0.15, 0.2) is 0 Å². The number of nitrogens with zero attached hydrogens (tertiary/aromatic N) is 2. The zero-order chi connectivity index (χ0) is 98.8. The second kappa shape index (κ2) is 54.5. The van der Waals surface area contributed by atoms with E-state index >= 15 is 0 Å². The molecule has 0 saturated carbocycles. The molecule has 19 amide bonds. The third-order valence-corrected chi connectivity index (χ3v) is 21.6. The molecule has 0 spiro atoms. The largest absolute Gasteiger partial charge is 0.481 e. The predicted molar refractivity (Wildman–Crippen MR) is 477 cm³/mol. The average Bonchev–Trinajstić information content (AvgIpc) is 1.69. The number of carbonyl (C=O) groups excluding carboxylic acids is 20. The van der Waals surface area contributed by atoms with Crippen LogP contribution < -0.4 is 90.4 Å². The third-order valence-electron chi connectivity index (χ3n) is 21.6. The minimum absolute atomic E-state index is 0.0462. The summed E-state index contributed by atoms with van der Waals surface area (Å²) >= 11 is 0. The van der Waals surface area contributed by atoms with Gasteiger partial charge in [-0.25, -0.2) is 0 Å². The zero-order valence-electron chi connectivity index (χ0n) is 80.4. The molecule has 2 aliphatic heterocycles. The number of carboxylic acids is 1. The molecule has 0 aromatic heterocycles. The van der Waals surface area contributed by atoms with Crippen LogP contribution in [0.15, 0.2) is 0 Å². The lowest BCUT2D eigenvalue weighted by atomic mass is 9.98. The van der Waals surface area contributed by atoms with Gasteiger partial charge in [0.25, 0.3) is 0 Å². The number of carboxylic acid groups (broad SMARTS) is 1. The fraction of sp³-hybridized carbons (Fsp3) is 0.761. The van der Waals surface area contributed by atoms with Crippen LogP contribution in [0.25, 0.3) is 0 Å². The molecule has 18 N–H and O–H groups in total. The van der Waals surface area contributed by atoms with Gasteiger partial charge in [0, 0.05) is 20.0 Å². The maximum Gasteiger partial charge on any atom is 0.305 e. The van der Waals surface area contributed by atoms with Crippen LogP contribution >= 0.6 is 0 Å². The highest BCUT2D eigenvalue weighted by atomic mass is 16.4. The van der Waals surface area contributed by atoms with Crippen molar-refractivity contribution in [3.63, 3.8) is 0 Å². The topological polar surface area (TPSA) is 590 Å². The lowest BCUT2D eigenvalue weighted by Crippen LogP contribution is -2.61. The maximum absolute atomic E-state index is 14.7. The van der Waals surface area contributed by atoms with Crippen LogP contribution in [0.4, 0.5) is 0 Å². The molecule has 0 aromatic rings. The molecule has 2 rings (SSSR count). The summed E-state index contributed by atoms with van der Waals surface area (Å²) in [5, 5.41) is 53.7. The van der Waals surface area contributed by atoms with E-state index in [-0.39, 0.29) is 106 Å². The molecule has 19 atom stereocenters. The molecule has 0 aliphatic carbocycles. The summed E-state index contributed by atoms with van der Waals surface area (Å²) in [5.74, 6) is -18.1. The molecule has 0 aromatic carbocycles. The Kier molecular flexibility index (Phi) is 48.2. The number of carbonyl (C=O) groups is 21. The predicted octanol–water partition coefficient (Wildman–Crippen LogP) is -0.713. The van der Waals surface area contributed by atoms with Crippen molar-refractivity contribution in [2.45, 2.75) is 365 Å². The SMILES string of the molecule is CC(=O)N[C@@H](C)C(=O)N[C@@H](C)C(=O)N[C@H](C(=O)N[C@@H](C)C(=O)N[C@@H](CC(C)C)C(=O)N[C@@H](CC(C)C)C(=O)N1CCC[C@H]1C(=O)N[C@@H](C)C(=O)N[C@H](C(=O)N[C@@H](CC(C)C)C(=O)N[C@@H](CC(C)C)C(=O)N[C@@H](C)C(=O)N[C@@H](CC(C)C)C(=O)N[C@@H](CC(C)C)C(=O)N[C@@H](C)C(=O)N1CCC[C@H]1C(=O)N[C@H](C(=O)N[C@@H](C)C(=O)N[C@H](C=O)CC(=O)O)C(C)C)C(C)C)C(C)C. The van der Waals surface area contributed by atoms with Crippen molar-refractivity contribution in [3.05, 3.63) is 0 Å². The number of likely N-dealkylation sites (tertiary alicyclic amines) is 2. The Hall–Kier alpha value is -10.9. The van der Waals surface area contributed by atoms with Gasteiger partial charge < -0.3 is 110 Å². The molecule has 2 heterocycles. The first-order chi connectivity index (χ1) is 59.8. The van der Waals surface area contributed by atoms with Gasteiger partial charge in [0.05, 0.1) is 12.5 Å². The van der Waals surface area contributed by atoms with Gasteiger partial charge in [-0.05, 0) is 166 Å². The summed E-state index contributed by atoms with van der Waals surface area (Å²) in [6.45, 7) is 42.6. The zero-order valence-corrected chi connectivity index (χ0v) is 80.4. The first-order valence-corrected chi connectivity index (χ1v) is 45.2. The Balaban J connectivity index is 2.25. The Morgan fingerprint density at radius 2 is 0.519 bits per heavy atom. The van der Waals surface area contributed by atoms with E-state index in [0.717, 1.165) is 0 Å². The molecule has 41 heteroatoms. The Labute approximate surface area is 759 Å². The monoisotopic (exact) mass is 1830 g/mol. The minimum atomic E-state index is -1.36. The number of hydrogen-bond acceptors (Lipinski definition) is 21. The number of aliphatic carboxylic acids is 1. The van der Waals surface area contributed by atoms with Gasteiger partial charge in [-0.2, -0.15) is 0 Å². The quantitative estimate of drug-likeness (QED) is 0.0334. The molecule has 129 heavy (non-hydrogen) atoms. The molecule has 2 fully saturated rings. The van der Waals surface area contributed by atoms with Gasteiger partial charge in [-0.15, -0.1) is 0 Å². The molecule has 2 saturated heterocycles. The highest BCUT2D eigenvalue weighted by Gasteiger charge is 2.44. The molecule has 0 bridgehead atoms. The number of nitrogens with one attached hydrogen (secondary N) is 17. The summed E-state index contributed by atoms with van der Waals surface area (Å²) in [7, 11) is 0. The van der Waals surface area contributed by atoms with Crippen LogP contribution in [0.1, 0.15) is 251 Å². The normalized spacial score (nSPS) is 17.9. The molecule has 0 unspecified atom stereocenters. The van der Waals surface area contributed by atoms with Gasteiger partial charge in [0.2, 0.25) is 112 Å². The van der Waals surface area contributed by atoms with E-state index in [1.165, 1.54) is 65.2 Å². The lowest BCUT2D eigenvalue weighted by Gasteiger charge is -2.32. The fourth-order valence-electron chi connectivity index (χ4n) is 14.6. The Morgan fingerprint density at radius 1 is 0.279 bits per heavy atom. The summed E-state index contributed by atoms with van der Waals surface area (Å²) in [6.07, 6.45) is 1.10.